The Bertz CT molecular complexity index is 612. The number of sulfonamides is 1. The highest BCUT2D eigenvalue weighted by Crippen LogP contribution is 2.38. The fourth-order valence-corrected chi connectivity index (χ4v) is 5.05. The number of hydrogen-bond acceptors (Lipinski definition) is 5. The first kappa shape index (κ1) is 15.9. The summed E-state index contributed by atoms with van der Waals surface area (Å²) in [5.74, 6) is 0.248. The normalized spacial score (nSPS) is 33.0. The van der Waals surface area contributed by atoms with Crippen molar-refractivity contribution >= 4 is 10.0 Å². The van der Waals surface area contributed by atoms with Crippen LogP contribution in [0.2, 0.25) is 0 Å². The van der Waals surface area contributed by atoms with Gasteiger partial charge in [-0.05, 0) is 31.1 Å². The van der Waals surface area contributed by atoms with Crippen LogP contribution in [0.15, 0.2) is 17.3 Å². The van der Waals surface area contributed by atoms with Crippen LogP contribution in [0.5, 0.6) is 0 Å². The zero-order valence-electron chi connectivity index (χ0n) is 12.7. The first-order chi connectivity index (χ1) is 10.4. The predicted octanol–water partition coefficient (Wildman–Crippen LogP) is 0.0454. The molecule has 7 nitrogen and oxygen atoms in total. The SMILES string of the molecule is CCCn1cc(S(=O)(=O)N2C[C@H]3C[C@H](O)[C@@H](O)C[C@H]3C2)cn1. The first-order valence-corrected chi connectivity index (χ1v) is 9.24. The molecule has 3 rings (SSSR count). The van der Waals surface area contributed by atoms with Gasteiger partial charge >= 0.3 is 0 Å². The van der Waals surface area contributed by atoms with E-state index in [1.54, 1.807) is 10.9 Å². The van der Waals surface area contributed by atoms with Crippen molar-refractivity contribution in [2.45, 2.75) is 49.8 Å². The van der Waals surface area contributed by atoms with Crippen molar-refractivity contribution in [3.8, 4) is 0 Å². The molecule has 22 heavy (non-hydrogen) atoms. The summed E-state index contributed by atoms with van der Waals surface area (Å²) in [4.78, 5) is 0.223. The van der Waals surface area contributed by atoms with E-state index < -0.39 is 22.2 Å². The smallest absolute Gasteiger partial charge is 0.246 e. The Hall–Kier alpha value is -0.960. The van der Waals surface area contributed by atoms with Gasteiger partial charge in [0.15, 0.2) is 0 Å². The molecule has 2 heterocycles. The van der Waals surface area contributed by atoms with E-state index in [-0.39, 0.29) is 16.7 Å². The maximum atomic E-state index is 12.7. The summed E-state index contributed by atoms with van der Waals surface area (Å²) in [5.41, 5.74) is 0. The topological polar surface area (TPSA) is 95.7 Å². The number of rotatable bonds is 4. The molecule has 124 valence electrons. The van der Waals surface area contributed by atoms with Crippen LogP contribution in [0.25, 0.3) is 0 Å². The van der Waals surface area contributed by atoms with Crippen molar-refractivity contribution in [3.05, 3.63) is 12.4 Å². The van der Waals surface area contributed by atoms with Crippen LogP contribution in [-0.2, 0) is 16.6 Å². The van der Waals surface area contributed by atoms with Gasteiger partial charge in [-0.3, -0.25) is 4.68 Å². The molecule has 0 bridgehead atoms. The second kappa shape index (κ2) is 5.92. The van der Waals surface area contributed by atoms with Crippen LogP contribution in [-0.4, -0.2) is 58.0 Å². The Morgan fingerprint density at radius 2 is 1.82 bits per heavy atom. The maximum absolute atomic E-state index is 12.7. The molecule has 1 aliphatic heterocycles. The summed E-state index contributed by atoms with van der Waals surface area (Å²) in [6, 6.07) is 0. The average molecular weight is 329 g/mol. The van der Waals surface area contributed by atoms with Crippen molar-refractivity contribution in [1.82, 2.24) is 14.1 Å². The molecule has 0 unspecified atom stereocenters. The molecule has 1 aromatic rings. The lowest BCUT2D eigenvalue weighted by molar-refractivity contribution is -0.0372. The lowest BCUT2D eigenvalue weighted by atomic mass is 9.79. The maximum Gasteiger partial charge on any atom is 0.246 e. The number of aromatic nitrogens is 2. The van der Waals surface area contributed by atoms with Gasteiger partial charge in [-0.15, -0.1) is 0 Å². The minimum Gasteiger partial charge on any atom is -0.390 e. The summed E-state index contributed by atoms with van der Waals surface area (Å²) < 4.78 is 28.5. The van der Waals surface area contributed by atoms with Crippen molar-refractivity contribution < 1.29 is 18.6 Å². The largest absolute Gasteiger partial charge is 0.390 e. The lowest BCUT2D eigenvalue weighted by Crippen LogP contribution is -2.38. The summed E-state index contributed by atoms with van der Waals surface area (Å²) in [7, 11) is -3.54. The van der Waals surface area contributed by atoms with Crippen LogP contribution in [0, 0.1) is 11.8 Å². The molecule has 4 atom stereocenters. The minimum atomic E-state index is -3.54. The number of hydrogen-bond donors (Lipinski definition) is 2. The molecule has 0 radical (unpaired) electrons. The van der Waals surface area contributed by atoms with E-state index in [0.717, 1.165) is 6.42 Å². The highest BCUT2D eigenvalue weighted by Gasteiger charge is 2.45. The fraction of sp³-hybridized carbons (Fsp3) is 0.786. The Balaban J connectivity index is 1.76. The van der Waals surface area contributed by atoms with Crippen LogP contribution in [0.1, 0.15) is 26.2 Å². The Morgan fingerprint density at radius 3 is 2.36 bits per heavy atom. The molecule has 1 aliphatic carbocycles. The zero-order chi connectivity index (χ0) is 15.9. The first-order valence-electron chi connectivity index (χ1n) is 7.80. The van der Waals surface area contributed by atoms with Crippen LogP contribution >= 0.6 is 0 Å². The van der Waals surface area contributed by atoms with Crippen molar-refractivity contribution in [3.63, 3.8) is 0 Å². The van der Waals surface area contributed by atoms with Gasteiger partial charge in [0, 0.05) is 25.8 Å². The van der Waals surface area contributed by atoms with E-state index >= 15 is 0 Å². The van der Waals surface area contributed by atoms with Crippen LogP contribution in [0.4, 0.5) is 0 Å². The molecule has 2 fully saturated rings. The molecule has 2 N–H and O–H groups in total. The quantitative estimate of drug-likeness (QED) is 0.813. The van der Waals surface area contributed by atoms with Crippen molar-refractivity contribution in [1.29, 1.82) is 0 Å². The third kappa shape index (κ3) is 2.80. The van der Waals surface area contributed by atoms with Crippen LogP contribution in [0.3, 0.4) is 0 Å². The Labute approximate surface area is 130 Å². The molecule has 1 saturated heterocycles. The van der Waals surface area contributed by atoms with Crippen molar-refractivity contribution in [2.24, 2.45) is 11.8 Å². The number of fused-ring (bicyclic) bond motifs is 1. The summed E-state index contributed by atoms with van der Waals surface area (Å²) in [6.45, 7) is 3.53. The lowest BCUT2D eigenvalue weighted by Gasteiger charge is -2.31. The molecule has 0 aromatic carbocycles. The number of nitrogens with zero attached hydrogens (tertiary/aromatic N) is 3. The van der Waals surface area contributed by atoms with E-state index in [0.29, 0.717) is 32.5 Å². The highest BCUT2D eigenvalue weighted by atomic mass is 32.2. The molecule has 2 aliphatic rings. The standard InChI is InChI=1S/C14H23N3O4S/c1-2-3-16-9-12(6-15-16)22(20,21)17-7-10-4-13(18)14(19)5-11(10)8-17/h6,9-11,13-14,18-19H,2-5,7-8H2,1H3/t10-,11+,13-,14-/m0/s1. The van der Waals surface area contributed by atoms with E-state index in [9.17, 15) is 18.6 Å². The minimum absolute atomic E-state index is 0.124. The third-order valence-electron chi connectivity index (χ3n) is 4.78. The van der Waals surface area contributed by atoms with E-state index in [1.807, 2.05) is 6.92 Å². The van der Waals surface area contributed by atoms with E-state index in [1.165, 1.54) is 10.5 Å². The number of aliphatic hydroxyl groups is 2. The van der Waals surface area contributed by atoms with Gasteiger partial charge in [0.1, 0.15) is 4.90 Å². The Morgan fingerprint density at radius 1 is 1.23 bits per heavy atom. The second-order valence-corrected chi connectivity index (χ2v) is 8.33. The molecular weight excluding hydrogens is 306 g/mol. The molecule has 0 amide bonds. The fourth-order valence-electron chi connectivity index (χ4n) is 3.54. The highest BCUT2D eigenvalue weighted by molar-refractivity contribution is 7.89. The monoisotopic (exact) mass is 329 g/mol. The third-order valence-corrected chi connectivity index (χ3v) is 6.56. The summed E-state index contributed by atoms with van der Waals surface area (Å²) >= 11 is 0. The number of aliphatic hydroxyl groups excluding tert-OH is 2. The van der Waals surface area contributed by atoms with Gasteiger partial charge in [-0.1, -0.05) is 6.92 Å². The van der Waals surface area contributed by atoms with Gasteiger partial charge in [0.2, 0.25) is 10.0 Å². The van der Waals surface area contributed by atoms with Gasteiger partial charge in [0.25, 0.3) is 0 Å². The van der Waals surface area contributed by atoms with Crippen LogP contribution < -0.4 is 0 Å². The van der Waals surface area contributed by atoms with Gasteiger partial charge in [0.05, 0.1) is 18.4 Å². The molecular formula is C14H23N3O4S. The zero-order valence-corrected chi connectivity index (χ0v) is 13.5. The number of aryl methyl sites for hydroxylation is 1. The van der Waals surface area contributed by atoms with Gasteiger partial charge in [-0.25, -0.2) is 8.42 Å². The molecule has 8 heteroatoms. The molecule has 1 aromatic heterocycles. The summed E-state index contributed by atoms with van der Waals surface area (Å²) in [6.07, 6.45) is 3.32. The second-order valence-electron chi connectivity index (χ2n) is 6.39. The molecule has 1 saturated carbocycles. The Kier molecular flexibility index (Phi) is 4.28. The van der Waals surface area contributed by atoms with Crippen molar-refractivity contribution in [2.75, 3.05) is 13.1 Å². The molecule has 0 spiro atoms. The van der Waals surface area contributed by atoms with Gasteiger partial charge < -0.3 is 10.2 Å². The van der Waals surface area contributed by atoms with Gasteiger partial charge in [-0.2, -0.15) is 9.40 Å². The summed E-state index contributed by atoms with van der Waals surface area (Å²) in [5, 5.41) is 23.6. The van der Waals surface area contributed by atoms with E-state index in [4.69, 9.17) is 0 Å². The average Bonchev–Trinajstić information content (AvgIpc) is 3.07. The predicted molar refractivity (Wildman–Crippen MR) is 79.5 cm³/mol. The van der Waals surface area contributed by atoms with E-state index in [2.05, 4.69) is 5.10 Å².